The molecule has 0 saturated carbocycles. The largest absolute Gasteiger partial charge is 0.573 e. The first-order chi connectivity index (χ1) is 10.7. The minimum absolute atomic E-state index is 0. The molecule has 0 unspecified atom stereocenters. The van der Waals surface area contributed by atoms with Crippen molar-refractivity contribution < 1.29 is 23.0 Å². The van der Waals surface area contributed by atoms with Crippen LogP contribution in [0.3, 0.4) is 0 Å². The second-order valence-electron chi connectivity index (χ2n) is 6.46. The zero-order chi connectivity index (χ0) is 17.1. The van der Waals surface area contributed by atoms with Gasteiger partial charge >= 0.3 is 6.36 Å². The SMILES string of the molecule is CC(C)(CO)[C@@H](c1cccc(OC(F)(F)F)c1)N1CCNCC1.Cl. The van der Waals surface area contributed by atoms with E-state index in [1.165, 1.54) is 12.1 Å². The van der Waals surface area contributed by atoms with E-state index in [1.54, 1.807) is 12.1 Å². The summed E-state index contributed by atoms with van der Waals surface area (Å²) in [5.41, 5.74) is 0.224. The average Bonchev–Trinajstić information content (AvgIpc) is 2.47. The molecule has 1 heterocycles. The average molecular weight is 369 g/mol. The van der Waals surface area contributed by atoms with E-state index < -0.39 is 11.8 Å². The zero-order valence-corrected chi connectivity index (χ0v) is 14.6. The number of ether oxygens (including phenoxy) is 1. The van der Waals surface area contributed by atoms with Crippen LogP contribution in [0.2, 0.25) is 0 Å². The maximum Gasteiger partial charge on any atom is 0.573 e. The van der Waals surface area contributed by atoms with Crippen molar-refractivity contribution in [3.63, 3.8) is 0 Å². The summed E-state index contributed by atoms with van der Waals surface area (Å²) in [4.78, 5) is 2.19. The standard InChI is InChI=1S/C16H23F3N2O2.ClH/c1-15(2,11-22)14(21-8-6-20-7-9-21)12-4-3-5-13(10-12)23-16(17,18)19;/h3-5,10,14,20,22H,6-9,11H2,1-2H3;1H/t14-;/m1./s1. The topological polar surface area (TPSA) is 44.7 Å². The predicted octanol–water partition coefficient (Wildman–Crippen LogP) is 2.97. The number of aliphatic hydroxyl groups excluding tert-OH is 1. The summed E-state index contributed by atoms with van der Waals surface area (Å²) in [5, 5.41) is 13.0. The highest BCUT2D eigenvalue weighted by Gasteiger charge is 2.36. The highest BCUT2D eigenvalue weighted by atomic mass is 35.5. The molecule has 4 nitrogen and oxygen atoms in total. The molecule has 2 rings (SSSR count). The predicted molar refractivity (Wildman–Crippen MR) is 88.4 cm³/mol. The van der Waals surface area contributed by atoms with Gasteiger partial charge in [-0.3, -0.25) is 4.90 Å². The van der Waals surface area contributed by atoms with Crippen molar-refractivity contribution in [3.8, 4) is 5.75 Å². The summed E-state index contributed by atoms with van der Waals surface area (Å²) in [7, 11) is 0. The third-order valence-corrected chi connectivity index (χ3v) is 4.07. The van der Waals surface area contributed by atoms with Gasteiger partial charge in [0, 0.05) is 44.2 Å². The molecule has 0 bridgehead atoms. The number of nitrogens with zero attached hydrogens (tertiary/aromatic N) is 1. The Balaban J connectivity index is 0.00000288. The molecule has 1 fully saturated rings. The summed E-state index contributed by atoms with van der Waals surface area (Å²) < 4.78 is 41.4. The molecule has 1 aromatic carbocycles. The lowest BCUT2D eigenvalue weighted by Gasteiger charge is -2.43. The normalized spacial score (nSPS) is 17.9. The van der Waals surface area contributed by atoms with Gasteiger partial charge in [-0.05, 0) is 17.7 Å². The molecule has 1 saturated heterocycles. The minimum Gasteiger partial charge on any atom is -0.406 e. The molecule has 24 heavy (non-hydrogen) atoms. The van der Waals surface area contributed by atoms with Crippen LogP contribution >= 0.6 is 12.4 Å². The number of benzene rings is 1. The smallest absolute Gasteiger partial charge is 0.406 e. The molecule has 0 aliphatic carbocycles. The molecule has 138 valence electrons. The van der Waals surface area contributed by atoms with Gasteiger partial charge in [-0.1, -0.05) is 26.0 Å². The van der Waals surface area contributed by atoms with E-state index in [-0.39, 0.29) is 30.8 Å². The van der Waals surface area contributed by atoms with Gasteiger partial charge < -0.3 is 15.2 Å². The minimum atomic E-state index is -4.71. The number of alkyl halides is 3. The van der Waals surface area contributed by atoms with E-state index in [9.17, 15) is 18.3 Å². The third-order valence-electron chi connectivity index (χ3n) is 4.07. The third kappa shape index (κ3) is 5.51. The van der Waals surface area contributed by atoms with E-state index >= 15 is 0 Å². The summed E-state index contributed by atoms with van der Waals surface area (Å²) >= 11 is 0. The quantitative estimate of drug-likeness (QED) is 0.838. The molecule has 1 aliphatic rings. The number of nitrogens with one attached hydrogen (secondary N) is 1. The second-order valence-corrected chi connectivity index (χ2v) is 6.46. The Kier molecular flexibility index (Phi) is 7.34. The van der Waals surface area contributed by atoms with Gasteiger partial charge in [0.15, 0.2) is 0 Å². The van der Waals surface area contributed by atoms with Crippen LogP contribution in [0.5, 0.6) is 5.75 Å². The van der Waals surface area contributed by atoms with Gasteiger partial charge in [-0.25, -0.2) is 0 Å². The maximum absolute atomic E-state index is 12.4. The van der Waals surface area contributed by atoms with Crippen molar-refractivity contribution in [2.45, 2.75) is 26.3 Å². The van der Waals surface area contributed by atoms with Crippen molar-refractivity contribution in [1.29, 1.82) is 0 Å². The summed E-state index contributed by atoms with van der Waals surface area (Å²) in [5.74, 6) is -0.233. The van der Waals surface area contributed by atoms with Gasteiger partial charge in [0.2, 0.25) is 0 Å². The van der Waals surface area contributed by atoms with Crippen LogP contribution in [0.25, 0.3) is 0 Å². The lowest BCUT2D eigenvalue weighted by atomic mass is 9.79. The van der Waals surface area contributed by atoms with Crippen LogP contribution in [-0.4, -0.2) is 49.2 Å². The van der Waals surface area contributed by atoms with E-state index in [0.717, 1.165) is 26.2 Å². The summed E-state index contributed by atoms with van der Waals surface area (Å²) in [6.45, 7) is 6.95. The van der Waals surface area contributed by atoms with E-state index in [1.807, 2.05) is 13.8 Å². The van der Waals surface area contributed by atoms with E-state index in [0.29, 0.717) is 5.56 Å². The van der Waals surface area contributed by atoms with Crippen molar-refractivity contribution in [2.75, 3.05) is 32.8 Å². The Bertz CT molecular complexity index is 520. The van der Waals surface area contributed by atoms with Crippen LogP contribution in [-0.2, 0) is 0 Å². The first-order valence-electron chi connectivity index (χ1n) is 7.64. The van der Waals surface area contributed by atoms with E-state index in [4.69, 9.17) is 0 Å². The van der Waals surface area contributed by atoms with Gasteiger partial charge in [0.25, 0.3) is 0 Å². The first kappa shape index (κ1) is 21.0. The molecule has 1 aliphatic heterocycles. The molecule has 0 amide bonds. The number of hydrogen-bond donors (Lipinski definition) is 2. The van der Waals surface area contributed by atoms with Gasteiger partial charge in [-0.15, -0.1) is 25.6 Å². The highest BCUT2D eigenvalue weighted by Crippen LogP contribution is 2.39. The monoisotopic (exact) mass is 368 g/mol. The van der Waals surface area contributed by atoms with Crippen LogP contribution in [0.15, 0.2) is 24.3 Å². The molecule has 1 aromatic rings. The molecule has 0 radical (unpaired) electrons. The fraction of sp³-hybridized carbons (Fsp3) is 0.625. The Morgan fingerprint density at radius 2 is 1.88 bits per heavy atom. The van der Waals surface area contributed by atoms with Crippen LogP contribution in [0.4, 0.5) is 13.2 Å². The van der Waals surface area contributed by atoms with Crippen LogP contribution in [0.1, 0.15) is 25.5 Å². The molecule has 8 heteroatoms. The maximum atomic E-state index is 12.4. The lowest BCUT2D eigenvalue weighted by molar-refractivity contribution is -0.274. The Morgan fingerprint density at radius 1 is 1.25 bits per heavy atom. The lowest BCUT2D eigenvalue weighted by Crippen LogP contribution is -2.49. The number of halogens is 4. The molecular formula is C16H24ClF3N2O2. The number of hydrogen-bond acceptors (Lipinski definition) is 4. The number of aliphatic hydroxyl groups is 1. The summed E-state index contributed by atoms with van der Waals surface area (Å²) in [6, 6.07) is 5.85. The molecule has 0 spiro atoms. The second kappa shape index (κ2) is 8.38. The molecule has 0 aromatic heterocycles. The van der Waals surface area contributed by atoms with Crippen molar-refractivity contribution in [1.82, 2.24) is 10.2 Å². The van der Waals surface area contributed by atoms with Gasteiger partial charge in [-0.2, -0.15) is 0 Å². The Labute approximate surface area is 146 Å². The van der Waals surface area contributed by atoms with Crippen molar-refractivity contribution in [2.24, 2.45) is 5.41 Å². The zero-order valence-electron chi connectivity index (χ0n) is 13.8. The van der Waals surface area contributed by atoms with Gasteiger partial charge in [0.1, 0.15) is 5.75 Å². The molecule has 1 atom stereocenters. The first-order valence-corrected chi connectivity index (χ1v) is 7.64. The molecule has 2 N–H and O–H groups in total. The Morgan fingerprint density at radius 3 is 2.42 bits per heavy atom. The highest BCUT2D eigenvalue weighted by molar-refractivity contribution is 5.85. The van der Waals surface area contributed by atoms with Gasteiger partial charge in [0.05, 0.1) is 0 Å². The van der Waals surface area contributed by atoms with Crippen molar-refractivity contribution in [3.05, 3.63) is 29.8 Å². The number of piperazine rings is 1. The fourth-order valence-electron chi connectivity index (χ4n) is 3.06. The fourth-order valence-corrected chi connectivity index (χ4v) is 3.06. The summed E-state index contributed by atoms with van der Waals surface area (Å²) in [6.07, 6.45) is -4.71. The molecular weight excluding hydrogens is 345 g/mol. The Hall–Kier alpha value is -1.02. The van der Waals surface area contributed by atoms with Crippen LogP contribution < -0.4 is 10.1 Å². The number of rotatable bonds is 5. The van der Waals surface area contributed by atoms with Crippen LogP contribution in [0, 0.1) is 5.41 Å². The van der Waals surface area contributed by atoms with Crippen molar-refractivity contribution >= 4 is 12.4 Å². The van der Waals surface area contributed by atoms with E-state index in [2.05, 4.69) is 15.0 Å².